The molecule has 4 nitrogen and oxygen atoms in total. The summed E-state index contributed by atoms with van der Waals surface area (Å²) >= 11 is 1.77. The Kier molecular flexibility index (Phi) is 3.64. The monoisotopic (exact) mass is 226 g/mol. The van der Waals surface area contributed by atoms with E-state index in [0.717, 1.165) is 29.2 Å². The maximum atomic E-state index is 4.11. The van der Waals surface area contributed by atoms with E-state index in [-0.39, 0.29) is 0 Å². The zero-order valence-electron chi connectivity index (χ0n) is 9.36. The van der Waals surface area contributed by atoms with E-state index in [1.807, 2.05) is 18.5 Å². The van der Waals surface area contributed by atoms with Gasteiger partial charge in [-0.15, -0.1) is 10.2 Å². The number of rotatable bonds is 6. The molecule has 0 atom stereocenters. The summed E-state index contributed by atoms with van der Waals surface area (Å²) in [7, 11) is 2.01. The maximum absolute atomic E-state index is 4.11. The van der Waals surface area contributed by atoms with E-state index in [9.17, 15) is 0 Å². The molecular weight excluding hydrogens is 208 g/mol. The van der Waals surface area contributed by atoms with E-state index in [0.29, 0.717) is 0 Å². The first kappa shape index (κ1) is 11.0. The van der Waals surface area contributed by atoms with Gasteiger partial charge in [-0.05, 0) is 32.2 Å². The number of hydrogen-bond acceptors (Lipinski definition) is 4. The van der Waals surface area contributed by atoms with Crippen molar-refractivity contribution in [3.8, 4) is 0 Å². The first-order chi connectivity index (χ1) is 7.27. The summed E-state index contributed by atoms with van der Waals surface area (Å²) in [6.07, 6.45) is 2.84. The lowest BCUT2D eigenvalue weighted by atomic mass is 10.4. The van der Waals surface area contributed by atoms with Crippen LogP contribution >= 0.6 is 11.8 Å². The third-order valence-electron chi connectivity index (χ3n) is 2.69. The molecule has 1 aliphatic rings. The van der Waals surface area contributed by atoms with Crippen molar-refractivity contribution in [2.45, 2.75) is 24.9 Å². The molecule has 1 heterocycles. The standard InChI is InChI=1S/C10H18N4S/c1-8-12-13-10(14(8)2)15-6-5-11-7-9-3-4-9/h9,11H,3-7H2,1-2H3. The van der Waals surface area contributed by atoms with Crippen molar-refractivity contribution in [2.75, 3.05) is 18.8 Å². The highest BCUT2D eigenvalue weighted by atomic mass is 32.2. The summed E-state index contributed by atoms with van der Waals surface area (Å²) in [6, 6.07) is 0. The SMILES string of the molecule is Cc1nnc(SCCNCC2CC2)n1C. The Morgan fingerprint density at radius 3 is 2.87 bits per heavy atom. The van der Waals surface area contributed by atoms with E-state index < -0.39 is 0 Å². The molecule has 0 aromatic carbocycles. The molecule has 15 heavy (non-hydrogen) atoms. The number of aromatic nitrogens is 3. The molecule has 1 saturated carbocycles. The van der Waals surface area contributed by atoms with Gasteiger partial charge in [0, 0.05) is 19.3 Å². The van der Waals surface area contributed by atoms with Crippen LogP contribution in [0.2, 0.25) is 0 Å². The molecule has 84 valence electrons. The van der Waals surface area contributed by atoms with Crippen molar-refractivity contribution in [1.82, 2.24) is 20.1 Å². The average Bonchev–Trinajstić information content (AvgIpc) is 2.99. The number of nitrogens with zero attached hydrogens (tertiary/aromatic N) is 3. The Morgan fingerprint density at radius 1 is 1.47 bits per heavy atom. The van der Waals surface area contributed by atoms with Gasteiger partial charge < -0.3 is 9.88 Å². The van der Waals surface area contributed by atoms with Gasteiger partial charge >= 0.3 is 0 Å². The summed E-state index contributed by atoms with van der Waals surface area (Å²) in [4.78, 5) is 0. The summed E-state index contributed by atoms with van der Waals surface area (Å²) in [5, 5.41) is 12.6. The molecular formula is C10H18N4S. The Labute approximate surface area is 94.8 Å². The maximum Gasteiger partial charge on any atom is 0.190 e. The van der Waals surface area contributed by atoms with Crippen molar-refractivity contribution < 1.29 is 0 Å². The lowest BCUT2D eigenvalue weighted by Crippen LogP contribution is -2.19. The van der Waals surface area contributed by atoms with Gasteiger partial charge in [0.2, 0.25) is 0 Å². The van der Waals surface area contributed by atoms with E-state index in [2.05, 4.69) is 15.5 Å². The fourth-order valence-electron chi connectivity index (χ4n) is 1.36. The minimum absolute atomic E-state index is 0.965. The van der Waals surface area contributed by atoms with Crippen molar-refractivity contribution >= 4 is 11.8 Å². The fourth-order valence-corrected chi connectivity index (χ4v) is 2.21. The van der Waals surface area contributed by atoms with Crippen LogP contribution in [0.25, 0.3) is 0 Å². The Morgan fingerprint density at radius 2 is 2.27 bits per heavy atom. The Hall–Kier alpha value is -0.550. The third-order valence-corrected chi connectivity index (χ3v) is 3.71. The molecule has 0 amide bonds. The van der Waals surface area contributed by atoms with Gasteiger partial charge in [-0.2, -0.15) is 0 Å². The smallest absolute Gasteiger partial charge is 0.190 e. The molecule has 5 heteroatoms. The van der Waals surface area contributed by atoms with Gasteiger partial charge in [-0.25, -0.2) is 0 Å². The number of hydrogen-bond donors (Lipinski definition) is 1. The molecule has 0 aliphatic heterocycles. The second-order valence-corrected chi connectivity index (χ2v) is 5.15. The van der Waals surface area contributed by atoms with Crippen LogP contribution in [-0.2, 0) is 7.05 Å². The minimum atomic E-state index is 0.965. The molecule has 2 rings (SSSR count). The van der Waals surface area contributed by atoms with Crippen LogP contribution < -0.4 is 5.32 Å². The Bertz CT molecular complexity index is 319. The van der Waals surface area contributed by atoms with Crippen LogP contribution in [0.1, 0.15) is 18.7 Å². The van der Waals surface area contributed by atoms with Crippen LogP contribution in [0.5, 0.6) is 0 Å². The molecule has 1 aliphatic carbocycles. The van der Waals surface area contributed by atoms with E-state index in [1.165, 1.54) is 19.4 Å². The highest BCUT2D eigenvalue weighted by Gasteiger charge is 2.19. The second-order valence-electron chi connectivity index (χ2n) is 4.08. The predicted molar refractivity (Wildman–Crippen MR) is 62.1 cm³/mol. The molecule has 0 spiro atoms. The summed E-state index contributed by atoms with van der Waals surface area (Å²) in [6.45, 7) is 4.23. The minimum Gasteiger partial charge on any atom is -0.316 e. The third kappa shape index (κ3) is 3.21. The van der Waals surface area contributed by atoms with E-state index in [1.54, 1.807) is 11.8 Å². The lowest BCUT2D eigenvalue weighted by molar-refractivity contribution is 0.664. The lowest BCUT2D eigenvalue weighted by Gasteiger charge is -2.03. The molecule has 0 saturated heterocycles. The predicted octanol–water partition coefficient (Wildman–Crippen LogP) is 1.22. The van der Waals surface area contributed by atoms with Crippen molar-refractivity contribution in [3.63, 3.8) is 0 Å². The summed E-state index contributed by atoms with van der Waals surface area (Å²) in [5.74, 6) is 3.01. The zero-order chi connectivity index (χ0) is 10.7. The molecule has 0 radical (unpaired) electrons. The van der Waals surface area contributed by atoms with Crippen molar-refractivity contribution in [3.05, 3.63) is 5.82 Å². The molecule has 0 unspecified atom stereocenters. The first-order valence-corrected chi connectivity index (χ1v) is 6.45. The van der Waals surface area contributed by atoms with Gasteiger partial charge in [0.25, 0.3) is 0 Å². The van der Waals surface area contributed by atoms with Gasteiger partial charge in [0.1, 0.15) is 5.82 Å². The van der Waals surface area contributed by atoms with E-state index in [4.69, 9.17) is 0 Å². The van der Waals surface area contributed by atoms with Gasteiger partial charge in [0.05, 0.1) is 0 Å². The van der Waals surface area contributed by atoms with Crippen molar-refractivity contribution in [1.29, 1.82) is 0 Å². The van der Waals surface area contributed by atoms with Gasteiger partial charge in [-0.1, -0.05) is 11.8 Å². The van der Waals surface area contributed by atoms with Gasteiger partial charge in [-0.3, -0.25) is 0 Å². The largest absolute Gasteiger partial charge is 0.316 e. The Balaban J connectivity index is 1.62. The van der Waals surface area contributed by atoms with Crippen molar-refractivity contribution in [2.24, 2.45) is 13.0 Å². The van der Waals surface area contributed by atoms with Crippen LogP contribution in [-0.4, -0.2) is 33.6 Å². The molecule has 0 bridgehead atoms. The molecule has 1 N–H and O–H groups in total. The fraction of sp³-hybridized carbons (Fsp3) is 0.800. The molecule has 1 fully saturated rings. The summed E-state index contributed by atoms with van der Waals surface area (Å²) < 4.78 is 2.03. The average molecular weight is 226 g/mol. The van der Waals surface area contributed by atoms with Crippen LogP contribution in [0.15, 0.2) is 5.16 Å². The topological polar surface area (TPSA) is 42.7 Å². The quantitative estimate of drug-likeness (QED) is 0.585. The highest BCUT2D eigenvalue weighted by molar-refractivity contribution is 7.99. The first-order valence-electron chi connectivity index (χ1n) is 5.47. The number of aryl methyl sites for hydroxylation is 1. The van der Waals surface area contributed by atoms with E-state index >= 15 is 0 Å². The summed E-state index contributed by atoms with van der Waals surface area (Å²) in [5.41, 5.74) is 0. The van der Waals surface area contributed by atoms with Crippen LogP contribution in [0.4, 0.5) is 0 Å². The normalized spacial score (nSPS) is 15.9. The highest BCUT2D eigenvalue weighted by Crippen LogP contribution is 2.27. The number of nitrogens with one attached hydrogen (secondary N) is 1. The second kappa shape index (κ2) is 4.99. The number of thioether (sulfide) groups is 1. The molecule has 1 aromatic rings. The van der Waals surface area contributed by atoms with Crippen LogP contribution in [0.3, 0.4) is 0 Å². The van der Waals surface area contributed by atoms with Gasteiger partial charge in [0.15, 0.2) is 5.16 Å². The molecule has 1 aromatic heterocycles. The zero-order valence-corrected chi connectivity index (χ0v) is 10.2. The van der Waals surface area contributed by atoms with Crippen LogP contribution in [0, 0.1) is 12.8 Å².